The zero-order valence-electron chi connectivity index (χ0n) is 16.4. The number of ketones is 1. The van der Waals surface area contributed by atoms with E-state index in [4.69, 9.17) is 24.7 Å². The number of Topliss-reactive ketones (excluding diaryl/α,β-unsaturated/α-hetero) is 1. The van der Waals surface area contributed by atoms with E-state index < -0.39 is 11.9 Å². The minimum atomic E-state index is -0.668. The average Bonchev–Trinajstić information content (AvgIpc) is 2.68. The molecule has 1 heterocycles. The topological polar surface area (TPSA) is 97.1 Å². The number of esters is 1. The number of allylic oxidation sites excluding steroid dienone is 2. The van der Waals surface area contributed by atoms with E-state index in [2.05, 4.69) is 0 Å². The Bertz CT molecular complexity index is 854. The fraction of sp³-hybridized carbons (Fsp3) is 0.429. The van der Waals surface area contributed by atoms with Gasteiger partial charge in [0.1, 0.15) is 11.3 Å². The van der Waals surface area contributed by atoms with Crippen LogP contribution in [0.25, 0.3) is 0 Å². The van der Waals surface area contributed by atoms with E-state index in [-0.39, 0.29) is 17.2 Å². The van der Waals surface area contributed by atoms with Crippen LogP contribution in [0.3, 0.4) is 0 Å². The molecule has 7 heteroatoms. The highest BCUT2D eigenvalue weighted by atomic mass is 16.5. The Morgan fingerprint density at radius 2 is 1.89 bits per heavy atom. The van der Waals surface area contributed by atoms with Crippen molar-refractivity contribution in [2.24, 2.45) is 5.73 Å². The molecular weight excluding hydrogens is 362 g/mol. The van der Waals surface area contributed by atoms with Gasteiger partial charge in [0.2, 0.25) is 5.88 Å². The Morgan fingerprint density at radius 3 is 2.57 bits per heavy atom. The third-order valence-electron chi connectivity index (χ3n) is 4.79. The molecule has 0 fully saturated rings. The fourth-order valence-electron chi connectivity index (χ4n) is 3.65. The molecule has 2 N–H and O–H groups in total. The first-order valence-electron chi connectivity index (χ1n) is 9.43. The monoisotopic (exact) mass is 387 g/mol. The average molecular weight is 387 g/mol. The number of carbonyl (C=O) groups excluding carboxylic acids is 2. The number of ether oxygens (including phenoxy) is 4. The van der Waals surface area contributed by atoms with Crippen molar-refractivity contribution in [3.8, 4) is 11.5 Å². The second kappa shape index (κ2) is 8.37. The van der Waals surface area contributed by atoms with Crippen LogP contribution in [0.15, 0.2) is 41.0 Å². The molecule has 2 aliphatic rings. The van der Waals surface area contributed by atoms with Crippen LogP contribution in [0.1, 0.15) is 44.6 Å². The van der Waals surface area contributed by atoms with Crippen LogP contribution >= 0.6 is 0 Å². The number of hydrogen-bond donors (Lipinski definition) is 1. The second-order valence-electron chi connectivity index (χ2n) is 6.49. The molecule has 1 aromatic carbocycles. The van der Waals surface area contributed by atoms with Crippen LogP contribution in [0.4, 0.5) is 0 Å². The van der Waals surface area contributed by atoms with E-state index in [0.29, 0.717) is 60.9 Å². The molecule has 0 saturated heterocycles. The van der Waals surface area contributed by atoms with Crippen LogP contribution < -0.4 is 15.2 Å². The van der Waals surface area contributed by atoms with Gasteiger partial charge in [-0.15, -0.1) is 0 Å². The first kappa shape index (κ1) is 19.8. The van der Waals surface area contributed by atoms with E-state index in [1.807, 2.05) is 19.9 Å². The van der Waals surface area contributed by atoms with E-state index in [9.17, 15) is 9.59 Å². The van der Waals surface area contributed by atoms with Gasteiger partial charge in [-0.25, -0.2) is 4.79 Å². The molecule has 7 nitrogen and oxygen atoms in total. The molecule has 3 rings (SSSR count). The zero-order valence-corrected chi connectivity index (χ0v) is 16.4. The largest absolute Gasteiger partial charge is 0.490 e. The second-order valence-corrected chi connectivity index (χ2v) is 6.49. The molecule has 0 radical (unpaired) electrons. The van der Waals surface area contributed by atoms with Crippen molar-refractivity contribution in [1.29, 1.82) is 0 Å². The number of hydrogen-bond acceptors (Lipinski definition) is 7. The van der Waals surface area contributed by atoms with Crippen LogP contribution in [-0.2, 0) is 19.1 Å². The standard InChI is InChI=1S/C21H25NO6/c1-4-26-14-10-9-12(11-16(14)27-5-2)17-18-13(23)7-6-8-15(18)28-20(22)19(17)21(24)25-3/h9-11,17H,4-8,22H2,1-3H3/t17-/m0/s1. The Morgan fingerprint density at radius 1 is 1.18 bits per heavy atom. The van der Waals surface area contributed by atoms with Crippen LogP contribution in [0.2, 0.25) is 0 Å². The van der Waals surface area contributed by atoms with E-state index in [1.54, 1.807) is 12.1 Å². The minimum Gasteiger partial charge on any atom is -0.490 e. The first-order chi connectivity index (χ1) is 13.5. The van der Waals surface area contributed by atoms with Crippen LogP contribution in [0, 0.1) is 0 Å². The summed E-state index contributed by atoms with van der Waals surface area (Å²) in [6, 6.07) is 5.37. The molecule has 0 spiro atoms. The Labute approximate surface area is 164 Å². The third kappa shape index (κ3) is 3.56. The first-order valence-corrected chi connectivity index (χ1v) is 9.43. The van der Waals surface area contributed by atoms with Gasteiger partial charge in [-0.05, 0) is 38.0 Å². The van der Waals surface area contributed by atoms with Gasteiger partial charge in [-0.2, -0.15) is 0 Å². The van der Waals surface area contributed by atoms with E-state index in [1.165, 1.54) is 7.11 Å². The Kier molecular flexibility index (Phi) is 5.92. The summed E-state index contributed by atoms with van der Waals surface area (Å²) in [7, 11) is 1.27. The zero-order chi connectivity index (χ0) is 20.3. The predicted molar refractivity (Wildman–Crippen MR) is 102 cm³/mol. The lowest BCUT2D eigenvalue weighted by molar-refractivity contribution is -0.136. The van der Waals surface area contributed by atoms with Gasteiger partial charge in [0.25, 0.3) is 0 Å². The summed E-state index contributed by atoms with van der Waals surface area (Å²) in [5, 5.41) is 0. The lowest BCUT2D eigenvalue weighted by Crippen LogP contribution is -2.31. The molecule has 1 aromatic rings. The van der Waals surface area contributed by atoms with Crippen LogP contribution in [-0.4, -0.2) is 32.1 Å². The van der Waals surface area contributed by atoms with Crippen molar-refractivity contribution in [2.75, 3.05) is 20.3 Å². The van der Waals surface area contributed by atoms with Crippen molar-refractivity contribution < 1.29 is 28.5 Å². The molecule has 0 saturated carbocycles. The van der Waals surface area contributed by atoms with Crippen molar-refractivity contribution in [3.05, 3.63) is 46.6 Å². The van der Waals surface area contributed by atoms with E-state index in [0.717, 1.165) is 0 Å². The molecule has 150 valence electrons. The molecule has 1 aliphatic heterocycles. The number of rotatable bonds is 6. The molecule has 28 heavy (non-hydrogen) atoms. The minimum absolute atomic E-state index is 0.0304. The summed E-state index contributed by atoms with van der Waals surface area (Å²) in [5.41, 5.74) is 7.35. The summed E-state index contributed by atoms with van der Waals surface area (Å²) in [4.78, 5) is 25.2. The molecular formula is C21H25NO6. The highest BCUT2D eigenvalue weighted by molar-refractivity contribution is 6.03. The van der Waals surface area contributed by atoms with Gasteiger partial charge in [-0.3, -0.25) is 4.79 Å². The summed E-state index contributed by atoms with van der Waals surface area (Å²) >= 11 is 0. The third-order valence-corrected chi connectivity index (χ3v) is 4.79. The van der Waals surface area contributed by atoms with Crippen molar-refractivity contribution in [2.45, 2.75) is 39.0 Å². The van der Waals surface area contributed by atoms with Crippen LogP contribution in [0.5, 0.6) is 11.5 Å². The fourth-order valence-corrected chi connectivity index (χ4v) is 3.65. The lowest BCUT2D eigenvalue weighted by Gasteiger charge is -2.32. The molecule has 0 aromatic heterocycles. The lowest BCUT2D eigenvalue weighted by atomic mass is 9.77. The van der Waals surface area contributed by atoms with Crippen molar-refractivity contribution >= 4 is 11.8 Å². The van der Waals surface area contributed by atoms with Gasteiger partial charge < -0.3 is 24.7 Å². The van der Waals surface area contributed by atoms with Gasteiger partial charge in [0.15, 0.2) is 17.3 Å². The molecule has 1 atom stereocenters. The Balaban J connectivity index is 2.17. The number of carbonyl (C=O) groups is 2. The highest BCUT2D eigenvalue weighted by Gasteiger charge is 2.41. The van der Waals surface area contributed by atoms with E-state index >= 15 is 0 Å². The number of methoxy groups -OCH3 is 1. The summed E-state index contributed by atoms with van der Waals surface area (Å²) in [6.45, 7) is 4.70. The maximum absolute atomic E-state index is 12.7. The quantitative estimate of drug-likeness (QED) is 0.750. The van der Waals surface area contributed by atoms with Gasteiger partial charge in [-0.1, -0.05) is 6.07 Å². The van der Waals surface area contributed by atoms with Crippen molar-refractivity contribution in [3.63, 3.8) is 0 Å². The molecule has 0 unspecified atom stereocenters. The number of nitrogens with two attached hydrogens (primary N) is 1. The molecule has 0 bridgehead atoms. The van der Waals surface area contributed by atoms with Gasteiger partial charge in [0.05, 0.1) is 26.2 Å². The predicted octanol–water partition coefficient (Wildman–Crippen LogP) is 2.95. The summed E-state index contributed by atoms with van der Waals surface area (Å²) in [6.07, 6.45) is 1.70. The Hall–Kier alpha value is -2.96. The molecule has 1 aliphatic carbocycles. The van der Waals surface area contributed by atoms with Gasteiger partial charge in [0, 0.05) is 18.4 Å². The summed E-state index contributed by atoms with van der Waals surface area (Å²) < 4.78 is 21.9. The normalized spacial score (nSPS) is 19.1. The maximum atomic E-state index is 12.7. The summed E-state index contributed by atoms with van der Waals surface area (Å²) in [5.74, 6) is 0.294. The number of benzene rings is 1. The highest BCUT2D eigenvalue weighted by Crippen LogP contribution is 2.45. The maximum Gasteiger partial charge on any atom is 0.340 e. The van der Waals surface area contributed by atoms with Gasteiger partial charge >= 0.3 is 5.97 Å². The molecule has 0 amide bonds. The van der Waals surface area contributed by atoms with Crippen molar-refractivity contribution in [1.82, 2.24) is 0 Å². The smallest absolute Gasteiger partial charge is 0.340 e. The SMILES string of the molecule is CCOc1ccc([C@@H]2C(C(=O)OC)=C(N)OC3=C2C(=O)CCC3)cc1OCC.